The van der Waals surface area contributed by atoms with Gasteiger partial charge in [-0.05, 0) is 43.1 Å². The Kier molecular flexibility index (Phi) is 2.93. The van der Waals surface area contributed by atoms with E-state index >= 15 is 0 Å². The van der Waals surface area contributed by atoms with Crippen LogP contribution in [-0.4, -0.2) is 23.9 Å². The van der Waals surface area contributed by atoms with Crippen LogP contribution in [0.25, 0.3) is 0 Å². The molecule has 1 aliphatic heterocycles. The third kappa shape index (κ3) is 2.24. The molecule has 1 N–H and O–H groups in total. The van der Waals surface area contributed by atoms with Crippen molar-refractivity contribution >= 4 is 0 Å². The van der Waals surface area contributed by atoms with Crippen LogP contribution in [0.3, 0.4) is 0 Å². The highest BCUT2D eigenvalue weighted by atomic mass is 16.5. The van der Waals surface area contributed by atoms with E-state index in [2.05, 4.69) is 30.3 Å². The third-order valence-corrected chi connectivity index (χ3v) is 4.29. The number of hydrogen-bond acceptors (Lipinski definition) is 2. The van der Waals surface area contributed by atoms with Gasteiger partial charge in [-0.3, -0.25) is 0 Å². The van der Waals surface area contributed by atoms with Crippen molar-refractivity contribution in [2.24, 2.45) is 5.92 Å². The molecule has 2 heteroatoms. The first-order valence-corrected chi connectivity index (χ1v) is 6.65. The van der Waals surface area contributed by atoms with Gasteiger partial charge in [-0.15, -0.1) is 0 Å². The Morgan fingerprint density at radius 3 is 2.76 bits per heavy atom. The van der Waals surface area contributed by atoms with E-state index in [-0.39, 0.29) is 0 Å². The van der Waals surface area contributed by atoms with Gasteiger partial charge in [-0.25, -0.2) is 0 Å². The van der Waals surface area contributed by atoms with Crippen LogP contribution in [0.15, 0.2) is 30.3 Å². The molecule has 2 aliphatic rings. The summed E-state index contributed by atoms with van der Waals surface area (Å²) in [6, 6.07) is 10.6. The molecule has 0 aromatic heterocycles. The minimum atomic E-state index is -0.475. The molecule has 1 heterocycles. The van der Waals surface area contributed by atoms with Crippen LogP contribution < -0.4 is 0 Å². The molecule has 2 fully saturated rings. The third-order valence-electron chi connectivity index (χ3n) is 4.29. The lowest BCUT2D eigenvalue weighted by Gasteiger charge is -2.26. The van der Waals surface area contributed by atoms with Crippen LogP contribution in [-0.2, 0) is 4.74 Å². The van der Waals surface area contributed by atoms with E-state index in [1.807, 2.05) is 0 Å². The zero-order chi connectivity index (χ0) is 11.7. The molecule has 1 saturated carbocycles. The predicted molar refractivity (Wildman–Crippen MR) is 66.9 cm³/mol. The topological polar surface area (TPSA) is 29.5 Å². The smallest absolute Gasteiger partial charge is 0.0704 e. The van der Waals surface area contributed by atoms with Crippen molar-refractivity contribution in [3.63, 3.8) is 0 Å². The summed E-state index contributed by atoms with van der Waals surface area (Å²) in [5.41, 5.74) is 0.910. The van der Waals surface area contributed by atoms with Gasteiger partial charge in [0.1, 0.15) is 0 Å². The van der Waals surface area contributed by atoms with Gasteiger partial charge in [-0.1, -0.05) is 30.3 Å². The molecular formula is C15H20O2. The quantitative estimate of drug-likeness (QED) is 0.849. The summed E-state index contributed by atoms with van der Waals surface area (Å²) in [5, 5.41) is 10.7. The summed E-state index contributed by atoms with van der Waals surface area (Å²) in [6.07, 6.45) is 3.84. The van der Waals surface area contributed by atoms with Crippen molar-refractivity contribution in [1.82, 2.24) is 0 Å². The lowest BCUT2D eigenvalue weighted by molar-refractivity contribution is -0.00397. The van der Waals surface area contributed by atoms with Crippen LogP contribution >= 0.6 is 0 Å². The molecule has 0 spiro atoms. The summed E-state index contributed by atoms with van der Waals surface area (Å²) in [6.45, 7) is 1.53. The van der Waals surface area contributed by atoms with Crippen molar-refractivity contribution in [2.75, 3.05) is 13.2 Å². The fourth-order valence-corrected chi connectivity index (χ4v) is 3.18. The minimum Gasteiger partial charge on any atom is -0.389 e. The number of hydrogen-bond donors (Lipinski definition) is 1. The zero-order valence-electron chi connectivity index (χ0n) is 10.1. The van der Waals surface area contributed by atoms with Crippen LogP contribution in [0.2, 0.25) is 0 Å². The maximum Gasteiger partial charge on any atom is 0.0704 e. The average molecular weight is 232 g/mol. The molecular weight excluding hydrogens is 212 g/mol. The van der Waals surface area contributed by atoms with Gasteiger partial charge in [0.2, 0.25) is 0 Å². The van der Waals surface area contributed by atoms with Gasteiger partial charge in [0.25, 0.3) is 0 Å². The lowest BCUT2D eigenvalue weighted by Crippen LogP contribution is -2.32. The maximum absolute atomic E-state index is 10.7. The SMILES string of the molecule is OC1(C2CC2c2ccccc2)CCCOCC1. The van der Waals surface area contributed by atoms with Gasteiger partial charge < -0.3 is 9.84 Å². The summed E-state index contributed by atoms with van der Waals surface area (Å²) in [7, 11) is 0. The molecule has 2 nitrogen and oxygen atoms in total. The molecule has 1 saturated heterocycles. The highest BCUT2D eigenvalue weighted by Gasteiger charge is 2.51. The first-order chi connectivity index (χ1) is 8.30. The fourth-order valence-electron chi connectivity index (χ4n) is 3.18. The van der Waals surface area contributed by atoms with E-state index in [4.69, 9.17) is 4.74 Å². The second kappa shape index (κ2) is 4.43. The molecule has 1 aromatic rings. The molecule has 17 heavy (non-hydrogen) atoms. The summed E-state index contributed by atoms with van der Waals surface area (Å²) < 4.78 is 5.45. The van der Waals surface area contributed by atoms with E-state index in [0.29, 0.717) is 18.4 Å². The lowest BCUT2D eigenvalue weighted by atomic mass is 9.87. The molecule has 0 amide bonds. The van der Waals surface area contributed by atoms with Crippen molar-refractivity contribution in [2.45, 2.75) is 37.2 Å². The second-order valence-corrected chi connectivity index (χ2v) is 5.43. The Labute approximate surface area is 103 Å². The Morgan fingerprint density at radius 1 is 1.12 bits per heavy atom. The zero-order valence-corrected chi connectivity index (χ0v) is 10.1. The van der Waals surface area contributed by atoms with Gasteiger partial charge in [0, 0.05) is 13.2 Å². The van der Waals surface area contributed by atoms with E-state index in [1.54, 1.807) is 0 Å². The van der Waals surface area contributed by atoms with Crippen LogP contribution in [0.4, 0.5) is 0 Å². The van der Waals surface area contributed by atoms with Crippen molar-refractivity contribution in [1.29, 1.82) is 0 Å². The van der Waals surface area contributed by atoms with Crippen LogP contribution in [0, 0.1) is 5.92 Å². The van der Waals surface area contributed by atoms with Gasteiger partial charge in [0.05, 0.1) is 5.60 Å². The molecule has 3 unspecified atom stereocenters. The Balaban J connectivity index is 1.71. The molecule has 92 valence electrons. The highest BCUT2D eigenvalue weighted by molar-refractivity contribution is 5.27. The maximum atomic E-state index is 10.7. The molecule has 0 bridgehead atoms. The van der Waals surface area contributed by atoms with Gasteiger partial charge in [0.15, 0.2) is 0 Å². The van der Waals surface area contributed by atoms with Gasteiger partial charge in [-0.2, -0.15) is 0 Å². The summed E-state index contributed by atoms with van der Waals surface area (Å²) >= 11 is 0. The summed E-state index contributed by atoms with van der Waals surface area (Å²) in [5.74, 6) is 1.02. The fraction of sp³-hybridized carbons (Fsp3) is 0.600. The van der Waals surface area contributed by atoms with E-state index in [0.717, 1.165) is 32.3 Å². The average Bonchev–Trinajstić information content (AvgIpc) is 3.15. The molecule has 1 aromatic carbocycles. The first-order valence-electron chi connectivity index (χ1n) is 6.65. The van der Waals surface area contributed by atoms with E-state index in [1.165, 1.54) is 5.56 Å². The molecule has 3 rings (SSSR count). The number of aliphatic hydroxyl groups is 1. The normalized spacial score (nSPS) is 37.5. The monoisotopic (exact) mass is 232 g/mol. The minimum absolute atomic E-state index is 0.451. The number of benzene rings is 1. The van der Waals surface area contributed by atoms with Crippen LogP contribution in [0.1, 0.15) is 37.2 Å². The van der Waals surface area contributed by atoms with Crippen molar-refractivity contribution < 1.29 is 9.84 Å². The standard InChI is InChI=1S/C15H20O2/c16-15(7-4-9-17-10-8-15)14-11-13(14)12-5-2-1-3-6-12/h1-3,5-6,13-14,16H,4,7-11H2. The van der Waals surface area contributed by atoms with E-state index < -0.39 is 5.60 Å². The highest BCUT2D eigenvalue weighted by Crippen LogP contribution is 2.56. The molecule has 1 aliphatic carbocycles. The largest absolute Gasteiger partial charge is 0.389 e. The Hall–Kier alpha value is -0.860. The van der Waals surface area contributed by atoms with Gasteiger partial charge >= 0.3 is 0 Å². The number of rotatable bonds is 2. The number of ether oxygens (including phenoxy) is 1. The summed E-state index contributed by atoms with van der Waals surface area (Å²) in [4.78, 5) is 0. The first kappa shape index (κ1) is 11.2. The Morgan fingerprint density at radius 2 is 1.94 bits per heavy atom. The predicted octanol–water partition coefficient (Wildman–Crippen LogP) is 2.72. The van der Waals surface area contributed by atoms with Crippen LogP contribution in [0.5, 0.6) is 0 Å². The Bertz CT molecular complexity index is 366. The van der Waals surface area contributed by atoms with E-state index in [9.17, 15) is 5.11 Å². The van der Waals surface area contributed by atoms with Crippen molar-refractivity contribution in [3.05, 3.63) is 35.9 Å². The second-order valence-electron chi connectivity index (χ2n) is 5.43. The molecule has 0 radical (unpaired) electrons. The van der Waals surface area contributed by atoms with Crippen molar-refractivity contribution in [3.8, 4) is 0 Å². The molecule has 3 atom stereocenters.